The van der Waals surface area contributed by atoms with Gasteiger partial charge in [0, 0.05) is 6.20 Å². The van der Waals surface area contributed by atoms with E-state index in [0.29, 0.717) is 6.61 Å². The van der Waals surface area contributed by atoms with Gasteiger partial charge in [-0.05, 0) is 31.5 Å². The first-order valence-corrected chi connectivity index (χ1v) is 6.78. The lowest BCUT2D eigenvalue weighted by atomic mass is 10.0. The maximum atomic E-state index is 5.87. The van der Waals surface area contributed by atoms with Crippen LogP contribution >= 0.6 is 0 Å². The van der Waals surface area contributed by atoms with Gasteiger partial charge in [-0.3, -0.25) is 4.98 Å². The van der Waals surface area contributed by atoms with Crippen molar-refractivity contribution in [2.24, 2.45) is 0 Å². The van der Waals surface area contributed by atoms with Crippen molar-refractivity contribution in [3.8, 4) is 0 Å². The van der Waals surface area contributed by atoms with Crippen molar-refractivity contribution in [2.75, 3.05) is 6.61 Å². The quantitative estimate of drug-likeness (QED) is 0.906. The van der Waals surface area contributed by atoms with E-state index in [1.807, 2.05) is 36.4 Å². The van der Waals surface area contributed by atoms with E-state index in [1.54, 1.807) is 6.20 Å². The number of aromatic nitrogens is 1. The molecule has 0 amide bonds. The molecule has 3 rings (SSSR count). The van der Waals surface area contributed by atoms with Gasteiger partial charge in [-0.1, -0.05) is 36.4 Å². The van der Waals surface area contributed by atoms with Crippen LogP contribution < -0.4 is 5.32 Å². The van der Waals surface area contributed by atoms with Crippen molar-refractivity contribution in [2.45, 2.75) is 19.4 Å². The van der Waals surface area contributed by atoms with E-state index in [4.69, 9.17) is 4.74 Å². The van der Waals surface area contributed by atoms with Crippen molar-refractivity contribution in [3.63, 3.8) is 0 Å². The number of benzene rings is 1. The first-order valence-electron chi connectivity index (χ1n) is 6.78. The monoisotopic (exact) mass is 266 g/mol. The molecule has 2 aromatic rings. The molecule has 0 saturated carbocycles. The zero-order chi connectivity index (χ0) is 14.0. The van der Waals surface area contributed by atoms with Crippen LogP contribution in [0.3, 0.4) is 0 Å². The molecule has 2 heterocycles. The van der Waals surface area contributed by atoms with Crippen LogP contribution in [0.5, 0.6) is 0 Å². The van der Waals surface area contributed by atoms with Crippen LogP contribution in [0.25, 0.3) is 5.57 Å². The van der Waals surface area contributed by atoms with Crippen LogP contribution in [-0.2, 0) is 4.74 Å². The Balaban J connectivity index is 2.13. The van der Waals surface area contributed by atoms with Crippen LogP contribution in [-0.4, -0.2) is 17.1 Å². The van der Waals surface area contributed by atoms with E-state index in [2.05, 4.69) is 36.3 Å². The molecule has 1 aliphatic rings. The molecular weight excluding hydrogens is 248 g/mol. The fourth-order valence-electron chi connectivity index (χ4n) is 2.28. The summed E-state index contributed by atoms with van der Waals surface area (Å²) in [7, 11) is 0. The molecule has 0 aliphatic carbocycles. The molecule has 0 unspecified atom stereocenters. The first kappa shape index (κ1) is 12.7. The molecule has 1 aliphatic heterocycles. The highest BCUT2D eigenvalue weighted by Gasteiger charge is 2.30. The summed E-state index contributed by atoms with van der Waals surface area (Å²) in [5.41, 5.74) is 2.98. The lowest BCUT2D eigenvalue weighted by molar-refractivity contribution is 0.238. The van der Waals surface area contributed by atoms with Gasteiger partial charge < -0.3 is 10.1 Å². The average Bonchev–Trinajstić information content (AvgIpc) is 2.81. The number of pyridine rings is 1. The molecule has 102 valence electrons. The molecule has 1 aromatic heterocycles. The Kier molecular flexibility index (Phi) is 3.18. The minimum absolute atomic E-state index is 0.0514. The molecule has 0 bridgehead atoms. The Labute approximate surface area is 119 Å². The van der Waals surface area contributed by atoms with Gasteiger partial charge in [-0.25, -0.2) is 0 Å². The van der Waals surface area contributed by atoms with Gasteiger partial charge in [0.15, 0.2) is 5.88 Å². The number of ether oxygens (including phenoxy) is 1. The minimum Gasteiger partial charge on any atom is -0.476 e. The molecule has 1 fully saturated rings. The minimum atomic E-state index is -0.0514. The lowest BCUT2D eigenvalue weighted by Crippen LogP contribution is -2.34. The summed E-state index contributed by atoms with van der Waals surface area (Å²) >= 11 is 0. The predicted octanol–water partition coefficient (Wildman–Crippen LogP) is 3.20. The molecular formula is C17H18N2O. The molecule has 3 heteroatoms. The molecule has 1 saturated heterocycles. The lowest BCUT2D eigenvalue weighted by Gasteiger charge is -2.15. The summed E-state index contributed by atoms with van der Waals surface area (Å²) in [6.07, 6.45) is 1.80. The van der Waals surface area contributed by atoms with E-state index in [0.717, 1.165) is 22.7 Å². The summed E-state index contributed by atoms with van der Waals surface area (Å²) < 4.78 is 5.87. The Bertz CT molecular complexity index is 576. The molecule has 1 N–H and O–H groups in total. The number of hydrogen-bond donors (Lipinski definition) is 1. The molecule has 0 radical (unpaired) electrons. The number of nitrogens with zero attached hydrogens (tertiary/aromatic N) is 1. The smallest absolute Gasteiger partial charge is 0.197 e. The van der Waals surface area contributed by atoms with Gasteiger partial charge in [0.05, 0.1) is 16.8 Å². The number of hydrogen-bond acceptors (Lipinski definition) is 3. The molecule has 1 aromatic carbocycles. The highest BCUT2D eigenvalue weighted by Crippen LogP contribution is 2.29. The van der Waals surface area contributed by atoms with Crippen molar-refractivity contribution in [1.82, 2.24) is 10.3 Å². The largest absolute Gasteiger partial charge is 0.476 e. The Morgan fingerprint density at radius 2 is 1.85 bits per heavy atom. The van der Waals surface area contributed by atoms with Crippen molar-refractivity contribution >= 4 is 5.57 Å². The normalized spacial score (nSPS) is 19.1. The summed E-state index contributed by atoms with van der Waals surface area (Å²) in [6, 6.07) is 16.1. The van der Waals surface area contributed by atoms with Crippen LogP contribution in [0.15, 0.2) is 60.6 Å². The number of nitrogens with one attached hydrogen (secondary N) is 1. The van der Waals surface area contributed by atoms with Gasteiger partial charge >= 0.3 is 0 Å². The Hall–Kier alpha value is -2.29. The maximum Gasteiger partial charge on any atom is 0.197 e. The fraction of sp³-hybridized carbons (Fsp3) is 0.235. The van der Waals surface area contributed by atoms with Crippen molar-refractivity contribution in [3.05, 3.63) is 71.9 Å². The summed E-state index contributed by atoms with van der Waals surface area (Å²) in [5, 5.41) is 3.44. The second kappa shape index (κ2) is 5.00. The third-order valence-corrected chi connectivity index (χ3v) is 3.24. The molecule has 3 nitrogen and oxygen atoms in total. The van der Waals surface area contributed by atoms with E-state index in [1.165, 1.54) is 0 Å². The molecule has 0 atom stereocenters. The fourth-order valence-corrected chi connectivity index (χ4v) is 2.28. The van der Waals surface area contributed by atoms with Crippen LogP contribution in [0.4, 0.5) is 0 Å². The van der Waals surface area contributed by atoms with E-state index in [-0.39, 0.29) is 5.54 Å². The molecule has 0 spiro atoms. The first-order chi connectivity index (χ1) is 9.66. The zero-order valence-corrected chi connectivity index (χ0v) is 11.8. The van der Waals surface area contributed by atoms with Gasteiger partial charge in [-0.15, -0.1) is 0 Å². The summed E-state index contributed by atoms with van der Waals surface area (Å²) in [5.74, 6) is 0.805. The van der Waals surface area contributed by atoms with Crippen LogP contribution in [0, 0.1) is 0 Å². The van der Waals surface area contributed by atoms with Crippen LogP contribution in [0.1, 0.15) is 25.1 Å². The zero-order valence-electron chi connectivity index (χ0n) is 11.8. The number of rotatable bonds is 2. The Morgan fingerprint density at radius 1 is 1.10 bits per heavy atom. The SMILES string of the molecule is CC1(C)CO/C(=C(\c2ccccc2)c2ccccn2)N1. The summed E-state index contributed by atoms with van der Waals surface area (Å²) in [6.45, 7) is 4.91. The van der Waals surface area contributed by atoms with Gasteiger partial charge in [0.1, 0.15) is 6.61 Å². The van der Waals surface area contributed by atoms with E-state index >= 15 is 0 Å². The van der Waals surface area contributed by atoms with Crippen molar-refractivity contribution in [1.29, 1.82) is 0 Å². The maximum absolute atomic E-state index is 5.87. The summed E-state index contributed by atoms with van der Waals surface area (Å²) in [4.78, 5) is 4.47. The van der Waals surface area contributed by atoms with E-state index in [9.17, 15) is 0 Å². The topological polar surface area (TPSA) is 34.1 Å². The van der Waals surface area contributed by atoms with E-state index < -0.39 is 0 Å². The van der Waals surface area contributed by atoms with Gasteiger partial charge in [0.25, 0.3) is 0 Å². The highest BCUT2D eigenvalue weighted by molar-refractivity contribution is 5.79. The third kappa shape index (κ3) is 2.52. The van der Waals surface area contributed by atoms with Gasteiger partial charge in [0.2, 0.25) is 0 Å². The average molecular weight is 266 g/mol. The predicted molar refractivity (Wildman–Crippen MR) is 79.9 cm³/mol. The van der Waals surface area contributed by atoms with Crippen molar-refractivity contribution < 1.29 is 4.74 Å². The highest BCUT2D eigenvalue weighted by atomic mass is 16.5. The molecule has 20 heavy (non-hydrogen) atoms. The third-order valence-electron chi connectivity index (χ3n) is 3.24. The standard InChI is InChI=1S/C17H18N2O/c1-17(2)12-20-16(19-17)15(13-8-4-3-5-9-13)14-10-6-7-11-18-14/h3-11,19H,12H2,1-2H3/b16-15+. The van der Waals surface area contributed by atoms with Crippen LogP contribution in [0.2, 0.25) is 0 Å². The van der Waals surface area contributed by atoms with Gasteiger partial charge in [-0.2, -0.15) is 0 Å². The second-order valence-corrected chi connectivity index (χ2v) is 5.58. The Morgan fingerprint density at radius 3 is 2.45 bits per heavy atom. The second-order valence-electron chi connectivity index (χ2n) is 5.58.